The van der Waals surface area contributed by atoms with Crippen LogP contribution >= 0.6 is 0 Å². The lowest BCUT2D eigenvalue weighted by Gasteiger charge is -2.37. The van der Waals surface area contributed by atoms with Gasteiger partial charge in [-0.2, -0.15) is 0 Å². The molecule has 0 amide bonds. The molecule has 0 saturated carbocycles. The van der Waals surface area contributed by atoms with Crippen molar-refractivity contribution in [3.63, 3.8) is 0 Å². The molecule has 112 valence electrons. The van der Waals surface area contributed by atoms with Crippen molar-refractivity contribution in [1.29, 1.82) is 0 Å². The fourth-order valence-electron chi connectivity index (χ4n) is 2.96. The number of aromatic nitrogens is 1. The van der Waals surface area contributed by atoms with Crippen LogP contribution in [0.1, 0.15) is 58.6 Å². The first kappa shape index (κ1) is 15.3. The Kier molecular flexibility index (Phi) is 5.41. The Morgan fingerprint density at radius 2 is 2.05 bits per heavy atom. The molecule has 20 heavy (non-hydrogen) atoms. The van der Waals surface area contributed by atoms with Crippen LogP contribution < -0.4 is 4.74 Å². The summed E-state index contributed by atoms with van der Waals surface area (Å²) in [6.07, 6.45) is 6.08. The summed E-state index contributed by atoms with van der Waals surface area (Å²) >= 11 is 0. The predicted molar refractivity (Wildman–Crippen MR) is 83.0 cm³/mol. The van der Waals surface area contributed by atoms with Gasteiger partial charge in [0.25, 0.3) is 0 Å². The standard InChI is InChI=1S/C17H28N2O/c1-13(2)12-19-10-6-5-7-16(19)15-8-9-17(18-11-15)20-14(3)4/h8-9,11,13-14,16H,5-7,10,12H2,1-4H3/t16-/m0/s1. The summed E-state index contributed by atoms with van der Waals surface area (Å²) in [6, 6.07) is 4.73. The average Bonchev–Trinajstić information content (AvgIpc) is 2.39. The molecule has 2 heterocycles. The molecule has 1 fully saturated rings. The fraction of sp³-hybridized carbons (Fsp3) is 0.706. The largest absolute Gasteiger partial charge is 0.475 e. The lowest BCUT2D eigenvalue weighted by atomic mass is 9.95. The smallest absolute Gasteiger partial charge is 0.213 e. The molecule has 1 atom stereocenters. The highest BCUT2D eigenvalue weighted by Gasteiger charge is 2.24. The third-order valence-electron chi connectivity index (χ3n) is 3.71. The van der Waals surface area contributed by atoms with Crippen LogP contribution in [0.2, 0.25) is 0 Å². The van der Waals surface area contributed by atoms with Gasteiger partial charge in [0.05, 0.1) is 6.10 Å². The van der Waals surface area contributed by atoms with Gasteiger partial charge in [-0.05, 0) is 44.7 Å². The van der Waals surface area contributed by atoms with E-state index in [1.165, 1.54) is 37.9 Å². The summed E-state index contributed by atoms with van der Waals surface area (Å²) in [4.78, 5) is 7.08. The van der Waals surface area contributed by atoms with Gasteiger partial charge in [-0.1, -0.05) is 26.3 Å². The number of rotatable bonds is 5. The second-order valence-electron chi connectivity index (χ2n) is 6.50. The first-order chi connectivity index (χ1) is 9.56. The van der Waals surface area contributed by atoms with E-state index in [4.69, 9.17) is 4.74 Å². The van der Waals surface area contributed by atoms with Gasteiger partial charge in [-0.15, -0.1) is 0 Å². The highest BCUT2D eigenvalue weighted by Crippen LogP contribution is 2.31. The van der Waals surface area contributed by atoms with E-state index in [1.807, 2.05) is 26.1 Å². The molecule has 3 heteroatoms. The number of likely N-dealkylation sites (tertiary alicyclic amines) is 1. The molecule has 0 spiro atoms. The second-order valence-corrected chi connectivity index (χ2v) is 6.50. The molecule has 0 aliphatic carbocycles. The zero-order valence-electron chi connectivity index (χ0n) is 13.3. The summed E-state index contributed by atoms with van der Waals surface area (Å²) in [5, 5.41) is 0. The Morgan fingerprint density at radius 3 is 2.65 bits per heavy atom. The van der Waals surface area contributed by atoms with Crippen molar-refractivity contribution < 1.29 is 4.74 Å². The second kappa shape index (κ2) is 7.07. The SMILES string of the molecule is CC(C)CN1CCCC[C@H]1c1ccc(OC(C)C)nc1. The van der Waals surface area contributed by atoms with Crippen molar-refractivity contribution in [2.24, 2.45) is 5.92 Å². The van der Waals surface area contributed by atoms with E-state index in [-0.39, 0.29) is 6.10 Å². The lowest BCUT2D eigenvalue weighted by molar-refractivity contribution is 0.132. The average molecular weight is 276 g/mol. The van der Waals surface area contributed by atoms with Crippen LogP contribution in [0.5, 0.6) is 5.88 Å². The van der Waals surface area contributed by atoms with Gasteiger partial charge in [0.15, 0.2) is 0 Å². The zero-order chi connectivity index (χ0) is 14.5. The van der Waals surface area contributed by atoms with Gasteiger partial charge < -0.3 is 4.74 Å². The van der Waals surface area contributed by atoms with E-state index in [0.717, 1.165) is 5.88 Å². The molecule has 0 N–H and O–H groups in total. The summed E-state index contributed by atoms with van der Waals surface area (Å²) in [5.41, 5.74) is 1.33. The summed E-state index contributed by atoms with van der Waals surface area (Å²) in [7, 11) is 0. The molecule has 1 saturated heterocycles. The Morgan fingerprint density at radius 1 is 1.25 bits per heavy atom. The molecule has 2 rings (SSSR count). The molecule has 1 aromatic rings. The normalized spacial score (nSPS) is 20.6. The number of ether oxygens (including phenoxy) is 1. The summed E-state index contributed by atoms with van der Waals surface area (Å²) in [6.45, 7) is 11.0. The number of hydrogen-bond donors (Lipinski definition) is 0. The minimum atomic E-state index is 0.181. The Bertz CT molecular complexity index is 400. The van der Waals surface area contributed by atoms with Crippen molar-refractivity contribution in [2.45, 2.75) is 59.1 Å². The van der Waals surface area contributed by atoms with Crippen LogP contribution in [0.4, 0.5) is 0 Å². The van der Waals surface area contributed by atoms with Crippen LogP contribution in [0.15, 0.2) is 18.3 Å². The fourth-order valence-corrected chi connectivity index (χ4v) is 2.96. The van der Waals surface area contributed by atoms with Gasteiger partial charge >= 0.3 is 0 Å². The maximum Gasteiger partial charge on any atom is 0.213 e. The third-order valence-corrected chi connectivity index (χ3v) is 3.71. The van der Waals surface area contributed by atoms with Crippen LogP contribution in [0.25, 0.3) is 0 Å². The molecular formula is C17H28N2O. The Labute approximate surface area is 123 Å². The minimum absolute atomic E-state index is 0.181. The molecule has 0 aromatic carbocycles. The number of piperidine rings is 1. The highest BCUT2D eigenvalue weighted by molar-refractivity contribution is 5.21. The molecule has 0 unspecified atom stereocenters. The molecular weight excluding hydrogens is 248 g/mol. The Balaban J connectivity index is 2.07. The first-order valence-electron chi connectivity index (χ1n) is 7.93. The molecule has 1 aliphatic heterocycles. The van der Waals surface area contributed by atoms with Gasteiger partial charge in [0.2, 0.25) is 5.88 Å². The highest BCUT2D eigenvalue weighted by atomic mass is 16.5. The van der Waals surface area contributed by atoms with Crippen molar-refractivity contribution in [2.75, 3.05) is 13.1 Å². The first-order valence-corrected chi connectivity index (χ1v) is 7.93. The van der Waals surface area contributed by atoms with E-state index < -0.39 is 0 Å². The van der Waals surface area contributed by atoms with E-state index >= 15 is 0 Å². The zero-order valence-corrected chi connectivity index (χ0v) is 13.3. The van der Waals surface area contributed by atoms with E-state index in [0.29, 0.717) is 12.0 Å². The number of nitrogens with zero attached hydrogens (tertiary/aromatic N) is 2. The van der Waals surface area contributed by atoms with Gasteiger partial charge in [-0.3, -0.25) is 4.90 Å². The summed E-state index contributed by atoms with van der Waals surface area (Å²) < 4.78 is 5.62. The van der Waals surface area contributed by atoms with Crippen molar-refractivity contribution in [3.8, 4) is 5.88 Å². The lowest BCUT2D eigenvalue weighted by Crippen LogP contribution is -2.36. The molecule has 0 bridgehead atoms. The summed E-state index contributed by atoms with van der Waals surface area (Å²) in [5.74, 6) is 1.45. The maximum absolute atomic E-state index is 5.62. The van der Waals surface area contributed by atoms with Gasteiger partial charge in [0.1, 0.15) is 0 Å². The van der Waals surface area contributed by atoms with Crippen LogP contribution in [0, 0.1) is 5.92 Å². The predicted octanol–water partition coefficient (Wildman–Crippen LogP) is 4.05. The molecule has 3 nitrogen and oxygen atoms in total. The number of hydrogen-bond acceptors (Lipinski definition) is 3. The van der Waals surface area contributed by atoms with E-state index in [9.17, 15) is 0 Å². The topological polar surface area (TPSA) is 25.4 Å². The van der Waals surface area contributed by atoms with Gasteiger partial charge in [-0.25, -0.2) is 4.98 Å². The minimum Gasteiger partial charge on any atom is -0.475 e. The van der Waals surface area contributed by atoms with Crippen molar-refractivity contribution in [3.05, 3.63) is 23.9 Å². The van der Waals surface area contributed by atoms with Crippen LogP contribution in [-0.2, 0) is 0 Å². The number of pyridine rings is 1. The quantitative estimate of drug-likeness (QED) is 0.811. The van der Waals surface area contributed by atoms with Crippen molar-refractivity contribution >= 4 is 0 Å². The van der Waals surface area contributed by atoms with E-state index in [2.05, 4.69) is 29.8 Å². The van der Waals surface area contributed by atoms with E-state index in [1.54, 1.807) is 0 Å². The van der Waals surface area contributed by atoms with Crippen molar-refractivity contribution in [1.82, 2.24) is 9.88 Å². The van der Waals surface area contributed by atoms with Crippen LogP contribution in [0.3, 0.4) is 0 Å². The maximum atomic E-state index is 5.62. The van der Waals surface area contributed by atoms with Gasteiger partial charge in [0, 0.05) is 24.8 Å². The third kappa shape index (κ3) is 4.20. The molecule has 0 radical (unpaired) electrons. The molecule has 1 aromatic heterocycles. The molecule has 1 aliphatic rings. The van der Waals surface area contributed by atoms with Crippen LogP contribution in [-0.4, -0.2) is 29.1 Å². The monoisotopic (exact) mass is 276 g/mol. The Hall–Kier alpha value is -1.09.